The minimum atomic E-state index is 0.570. The van der Waals surface area contributed by atoms with Crippen LogP contribution in [0, 0.1) is 0 Å². The molecule has 0 aromatic carbocycles. The van der Waals surface area contributed by atoms with Crippen LogP contribution in [-0.4, -0.2) is 24.7 Å². The molecule has 0 saturated heterocycles. The lowest BCUT2D eigenvalue weighted by Crippen LogP contribution is -2.03. The molecule has 0 amide bonds. The summed E-state index contributed by atoms with van der Waals surface area (Å²) in [5.74, 6) is 0.739. The lowest BCUT2D eigenvalue weighted by molar-refractivity contribution is 0.653. The van der Waals surface area contributed by atoms with E-state index in [1.54, 1.807) is 29.5 Å². The van der Waals surface area contributed by atoms with Crippen LogP contribution in [0.2, 0.25) is 0 Å². The Hall–Kier alpha value is -1.78. The Morgan fingerprint density at radius 1 is 1.25 bits per heavy atom. The SMILES string of the molecule is c1cnc(Cn2cncn2)nc1. The third kappa shape index (κ3) is 1.45. The molecule has 0 unspecified atom stereocenters. The molecule has 2 heterocycles. The molecular formula is C7H7N5. The fraction of sp³-hybridized carbons (Fsp3) is 0.143. The topological polar surface area (TPSA) is 56.5 Å². The average Bonchev–Trinajstić information content (AvgIpc) is 2.59. The lowest BCUT2D eigenvalue weighted by atomic mass is 10.5. The van der Waals surface area contributed by atoms with Crippen LogP contribution in [0.25, 0.3) is 0 Å². The van der Waals surface area contributed by atoms with Crippen molar-refractivity contribution in [2.45, 2.75) is 6.54 Å². The Morgan fingerprint density at radius 2 is 2.08 bits per heavy atom. The van der Waals surface area contributed by atoms with Gasteiger partial charge in [0.2, 0.25) is 0 Å². The van der Waals surface area contributed by atoms with E-state index in [4.69, 9.17) is 0 Å². The van der Waals surface area contributed by atoms with Gasteiger partial charge in [0.1, 0.15) is 25.0 Å². The monoisotopic (exact) mass is 161 g/mol. The van der Waals surface area contributed by atoms with Gasteiger partial charge in [-0.2, -0.15) is 5.10 Å². The first kappa shape index (κ1) is 6.90. The van der Waals surface area contributed by atoms with Gasteiger partial charge in [-0.05, 0) is 6.07 Å². The fourth-order valence-electron chi connectivity index (χ4n) is 0.871. The highest BCUT2D eigenvalue weighted by atomic mass is 15.3. The highest BCUT2D eigenvalue weighted by Gasteiger charge is 1.95. The second-order valence-corrected chi connectivity index (χ2v) is 2.26. The highest BCUT2D eigenvalue weighted by molar-refractivity contribution is 4.88. The van der Waals surface area contributed by atoms with Crippen LogP contribution in [0.1, 0.15) is 5.82 Å². The first-order valence-corrected chi connectivity index (χ1v) is 3.53. The van der Waals surface area contributed by atoms with Gasteiger partial charge in [0.15, 0.2) is 0 Å². The molecule has 2 rings (SSSR count). The Labute approximate surface area is 69.1 Å². The molecule has 0 bridgehead atoms. The van der Waals surface area contributed by atoms with Gasteiger partial charge in [-0.15, -0.1) is 0 Å². The molecule has 0 aliphatic heterocycles. The first-order chi connectivity index (χ1) is 5.95. The van der Waals surface area contributed by atoms with Crippen LogP contribution in [0.4, 0.5) is 0 Å². The Balaban J connectivity index is 2.15. The molecular weight excluding hydrogens is 154 g/mol. The molecule has 0 radical (unpaired) electrons. The van der Waals surface area contributed by atoms with E-state index in [-0.39, 0.29) is 0 Å². The molecule has 0 spiro atoms. The Bertz CT molecular complexity index is 328. The van der Waals surface area contributed by atoms with Crippen LogP contribution < -0.4 is 0 Å². The van der Waals surface area contributed by atoms with Crippen LogP contribution >= 0.6 is 0 Å². The summed E-state index contributed by atoms with van der Waals surface area (Å²) in [6, 6.07) is 1.78. The molecule has 5 heteroatoms. The molecule has 0 atom stereocenters. The summed E-state index contributed by atoms with van der Waals surface area (Å²) < 4.78 is 1.68. The number of hydrogen-bond acceptors (Lipinski definition) is 4. The zero-order valence-electron chi connectivity index (χ0n) is 6.33. The molecule has 0 fully saturated rings. The second kappa shape index (κ2) is 3.08. The molecule has 12 heavy (non-hydrogen) atoms. The maximum Gasteiger partial charge on any atom is 0.149 e. The standard InChI is InChI=1S/C7H7N5/c1-2-9-7(10-3-1)4-12-6-8-5-11-12/h1-3,5-6H,4H2. The molecule has 60 valence electrons. The van der Waals surface area contributed by atoms with Gasteiger partial charge in [-0.3, -0.25) is 0 Å². The van der Waals surface area contributed by atoms with Crippen molar-refractivity contribution in [1.82, 2.24) is 24.7 Å². The van der Waals surface area contributed by atoms with E-state index < -0.39 is 0 Å². The number of rotatable bonds is 2. The van der Waals surface area contributed by atoms with Crippen molar-refractivity contribution in [1.29, 1.82) is 0 Å². The molecule has 2 aromatic heterocycles. The number of aromatic nitrogens is 5. The summed E-state index contributed by atoms with van der Waals surface area (Å²) in [5, 5.41) is 3.94. The van der Waals surface area contributed by atoms with Crippen molar-refractivity contribution in [2.24, 2.45) is 0 Å². The zero-order chi connectivity index (χ0) is 8.23. The van der Waals surface area contributed by atoms with Gasteiger partial charge in [0.05, 0.1) is 0 Å². The third-order valence-corrected chi connectivity index (χ3v) is 1.39. The zero-order valence-corrected chi connectivity index (χ0v) is 6.33. The summed E-state index contributed by atoms with van der Waals surface area (Å²) in [4.78, 5) is 11.9. The normalized spacial score (nSPS) is 10.0. The Kier molecular flexibility index (Phi) is 1.77. The molecule has 2 aromatic rings. The van der Waals surface area contributed by atoms with Gasteiger partial charge in [-0.25, -0.2) is 19.6 Å². The second-order valence-electron chi connectivity index (χ2n) is 2.26. The average molecular weight is 161 g/mol. The van der Waals surface area contributed by atoms with Gasteiger partial charge in [0.25, 0.3) is 0 Å². The van der Waals surface area contributed by atoms with E-state index in [1.165, 1.54) is 6.33 Å². The summed E-state index contributed by atoms with van der Waals surface area (Å²) >= 11 is 0. The van der Waals surface area contributed by atoms with E-state index in [0.717, 1.165) is 5.82 Å². The molecule has 0 aliphatic rings. The van der Waals surface area contributed by atoms with Crippen LogP contribution in [0.5, 0.6) is 0 Å². The number of nitrogens with zero attached hydrogens (tertiary/aromatic N) is 5. The molecule has 0 N–H and O–H groups in total. The van der Waals surface area contributed by atoms with E-state index in [0.29, 0.717) is 6.54 Å². The van der Waals surface area contributed by atoms with E-state index >= 15 is 0 Å². The predicted octanol–water partition coefficient (Wildman–Crippen LogP) is 0.116. The van der Waals surface area contributed by atoms with Crippen LogP contribution in [0.3, 0.4) is 0 Å². The summed E-state index contributed by atoms with van der Waals surface area (Å²) in [7, 11) is 0. The number of hydrogen-bond donors (Lipinski definition) is 0. The van der Waals surface area contributed by atoms with Crippen molar-refractivity contribution in [2.75, 3.05) is 0 Å². The quantitative estimate of drug-likeness (QED) is 0.627. The predicted molar refractivity (Wildman–Crippen MR) is 41.2 cm³/mol. The molecule has 0 aliphatic carbocycles. The third-order valence-electron chi connectivity index (χ3n) is 1.39. The van der Waals surface area contributed by atoms with Gasteiger partial charge < -0.3 is 0 Å². The lowest BCUT2D eigenvalue weighted by Gasteiger charge is -1.96. The maximum atomic E-state index is 4.05. The molecule has 0 saturated carbocycles. The van der Waals surface area contributed by atoms with Gasteiger partial charge in [-0.1, -0.05) is 0 Å². The van der Waals surface area contributed by atoms with E-state index in [9.17, 15) is 0 Å². The largest absolute Gasteiger partial charge is 0.245 e. The minimum Gasteiger partial charge on any atom is -0.245 e. The van der Waals surface area contributed by atoms with Gasteiger partial charge >= 0.3 is 0 Å². The minimum absolute atomic E-state index is 0.570. The van der Waals surface area contributed by atoms with Crippen LogP contribution in [-0.2, 0) is 6.54 Å². The fourth-order valence-corrected chi connectivity index (χ4v) is 0.871. The van der Waals surface area contributed by atoms with Crippen molar-refractivity contribution in [3.63, 3.8) is 0 Å². The van der Waals surface area contributed by atoms with Gasteiger partial charge in [0, 0.05) is 12.4 Å². The highest BCUT2D eigenvalue weighted by Crippen LogP contribution is 1.90. The summed E-state index contributed by atoms with van der Waals surface area (Å²) in [6.07, 6.45) is 6.54. The van der Waals surface area contributed by atoms with E-state index in [1.807, 2.05) is 0 Å². The van der Waals surface area contributed by atoms with Crippen molar-refractivity contribution >= 4 is 0 Å². The van der Waals surface area contributed by atoms with E-state index in [2.05, 4.69) is 20.1 Å². The smallest absolute Gasteiger partial charge is 0.149 e. The molecule has 5 nitrogen and oxygen atoms in total. The summed E-state index contributed by atoms with van der Waals surface area (Å²) in [5.41, 5.74) is 0. The van der Waals surface area contributed by atoms with Crippen molar-refractivity contribution < 1.29 is 0 Å². The first-order valence-electron chi connectivity index (χ1n) is 3.53. The van der Waals surface area contributed by atoms with Crippen molar-refractivity contribution in [3.05, 3.63) is 36.9 Å². The van der Waals surface area contributed by atoms with Crippen molar-refractivity contribution in [3.8, 4) is 0 Å². The summed E-state index contributed by atoms with van der Waals surface area (Å²) in [6.45, 7) is 0.570. The Morgan fingerprint density at radius 3 is 2.75 bits per heavy atom. The maximum absolute atomic E-state index is 4.05. The van der Waals surface area contributed by atoms with Crippen LogP contribution in [0.15, 0.2) is 31.1 Å².